The van der Waals surface area contributed by atoms with Gasteiger partial charge in [0.15, 0.2) is 0 Å². The average molecular weight is 595 g/mol. The lowest BCUT2D eigenvalue weighted by Crippen LogP contribution is -2.51. The van der Waals surface area contributed by atoms with Gasteiger partial charge in [0.1, 0.15) is 18.4 Å². The quantitative estimate of drug-likeness (QED) is 0.314. The topological polar surface area (TPSA) is 86.8 Å². The molecule has 7 nitrogen and oxygen atoms in total. The standard InChI is InChI=1S/C28H30Cl2FN3O4S/c1-4-16-32-28(36)20(3)33(17-21-8-5-6-10-24(21)31)26(35)18-34(25-11-7-9-23(29)27(25)30)39(37,38)22-14-12-19(2)13-15-22/h5-15,20H,4,16-18H2,1-3H3,(H,32,36)/t20-/m1/s1. The lowest BCUT2D eigenvalue weighted by molar-refractivity contribution is -0.139. The van der Waals surface area contributed by atoms with Crippen LogP contribution in [-0.4, -0.2) is 44.3 Å². The highest BCUT2D eigenvalue weighted by atomic mass is 35.5. The molecule has 0 unspecified atom stereocenters. The molecule has 0 saturated heterocycles. The summed E-state index contributed by atoms with van der Waals surface area (Å²) in [5, 5.41) is 2.77. The van der Waals surface area contributed by atoms with Crippen molar-refractivity contribution in [1.82, 2.24) is 10.2 Å². The largest absolute Gasteiger partial charge is 0.354 e. The number of carbonyl (C=O) groups is 2. The predicted molar refractivity (Wildman–Crippen MR) is 152 cm³/mol. The minimum absolute atomic E-state index is 0.00739. The Morgan fingerprint density at radius 2 is 1.67 bits per heavy atom. The van der Waals surface area contributed by atoms with E-state index in [1.165, 1.54) is 55.5 Å². The molecule has 2 amide bonds. The minimum Gasteiger partial charge on any atom is -0.354 e. The van der Waals surface area contributed by atoms with Crippen molar-refractivity contribution in [2.75, 3.05) is 17.4 Å². The van der Waals surface area contributed by atoms with E-state index in [9.17, 15) is 22.4 Å². The van der Waals surface area contributed by atoms with Crippen LogP contribution in [0, 0.1) is 12.7 Å². The van der Waals surface area contributed by atoms with Crippen molar-refractivity contribution in [3.63, 3.8) is 0 Å². The molecule has 11 heteroatoms. The molecule has 3 aromatic carbocycles. The number of rotatable bonds is 11. The van der Waals surface area contributed by atoms with Gasteiger partial charge in [-0.2, -0.15) is 0 Å². The highest BCUT2D eigenvalue weighted by molar-refractivity contribution is 7.92. The molecular weight excluding hydrogens is 564 g/mol. The Morgan fingerprint density at radius 1 is 1.00 bits per heavy atom. The van der Waals surface area contributed by atoms with E-state index in [-0.39, 0.29) is 32.7 Å². The van der Waals surface area contributed by atoms with Gasteiger partial charge >= 0.3 is 0 Å². The van der Waals surface area contributed by atoms with E-state index < -0.39 is 40.2 Å². The maximum Gasteiger partial charge on any atom is 0.264 e. The van der Waals surface area contributed by atoms with Crippen LogP contribution in [0.2, 0.25) is 10.0 Å². The Labute approximate surface area is 238 Å². The van der Waals surface area contributed by atoms with Crippen molar-refractivity contribution in [3.05, 3.63) is 93.7 Å². The summed E-state index contributed by atoms with van der Waals surface area (Å²) >= 11 is 12.6. The van der Waals surface area contributed by atoms with Crippen LogP contribution in [0.5, 0.6) is 0 Å². The zero-order chi connectivity index (χ0) is 28.7. The molecule has 0 aromatic heterocycles. The fourth-order valence-electron chi connectivity index (χ4n) is 3.82. The van der Waals surface area contributed by atoms with Crippen LogP contribution < -0.4 is 9.62 Å². The molecule has 1 N–H and O–H groups in total. The number of amides is 2. The van der Waals surface area contributed by atoms with Gasteiger partial charge in [-0.15, -0.1) is 0 Å². The third-order valence-electron chi connectivity index (χ3n) is 6.10. The molecule has 3 aromatic rings. The van der Waals surface area contributed by atoms with Crippen LogP contribution in [-0.2, 0) is 26.2 Å². The van der Waals surface area contributed by atoms with Crippen molar-refractivity contribution >= 4 is 50.7 Å². The molecule has 0 fully saturated rings. The molecule has 0 radical (unpaired) electrons. The summed E-state index contributed by atoms with van der Waals surface area (Å²) in [6.07, 6.45) is 0.676. The number of hydrogen-bond donors (Lipinski definition) is 1. The van der Waals surface area contributed by atoms with Gasteiger partial charge in [-0.05, 0) is 50.6 Å². The summed E-state index contributed by atoms with van der Waals surface area (Å²) in [4.78, 5) is 27.8. The summed E-state index contributed by atoms with van der Waals surface area (Å²) < 4.78 is 43.1. The van der Waals surface area contributed by atoms with Crippen LogP contribution in [0.1, 0.15) is 31.4 Å². The summed E-state index contributed by atoms with van der Waals surface area (Å²) in [5.41, 5.74) is 1.02. The summed E-state index contributed by atoms with van der Waals surface area (Å²) in [6.45, 7) is 4.63. The molecule has 208 valence electrons. The highest BCUT2D eigenvalue weighted by Crippen LogP contribution is 2.35. The molecule has 0 aliphatic carbocycles. The van der Waals surface area contributed by atoms with Crippen molar-refractivity contribution in [2.24, 2.45) is 0 Å². The second-order valence-electron chi connectivity index (χ2n) is 8.98. The van der Waals surface area contributed by atoms with E-state index in [4.69, 9.17) is 23.2 Å². The molecule has 1 atom stereocenters. The van der Waals surface area contributed by atoms with Crippen LogP contribution >= 0.6 is 23.2 Å². The number of carbonyl (C=O) groups excluding carboxylic acids is 2. The Bertz CT molecular complexity index is 1430. The number of halogens is 3. The van der Waals surface area contributed by atoms with Crippen molar-refractivity contribution in [1.29, 1.82) is 0 Å². The maximum atomic E-state index is 14.6. The van der Waals surface area contributed by atoms with Gasteiger partial charge < -0.3 is 10.2 Å². The zero-order valence-corrected chi connectivity index (χ0v) is 24.2. The van der Waals surface area contributed by atoms with Crippen molar-refractivity contribution in [2.45, 2.75) is 44.7 Å². The predicted octanol–water partition coefficient (Wildman–Crippen LogP) is 5.58. The molecule has 0 aliphatic heterocycles. The van der Waals surface area contributed by atoms with Gasteiger partial charge in [-0.25, -0.2) is 12.8 Å². The minimum atomic E-state index is -4.31. The second-order valence-corrected chi connectivity index (χ2v) is 11.6. The first-order valence-electron chi connectivity index (χ1n) is 12.3. The first-order valence-corrected chi connectivity index (χ1v) is 14.5. The number of nitrogens with zero attached hydrogens (tertiary/aromatic N) is 2. The monoisotopic (exact) mass is 593 g/mol. The molecule has 0 aliphatic rings. The van der Waals surface area contributed by atoms with Gasteiger partial charge in [-0.3, -0.25) is 13.9 Å². The van der Waals surface area contributed by atoms with Crippen molar-refractivity contribution in [3.8, 4) is 0 Å². The van der Waals surface area contributed by atoms with E-state index in [1.807, 2.05) is 13.8 Å². The summed E-state index contributed by atoms with van der Waals surface area (Å²) in [7, 11) is -4.31. The first kappa shape index (κ1) is 30.4. The number of sulfonamides is 1. The normalized spacial score (nSPS) is 12.1. The van der Waals surface area contributed by atoms with Gasteiger partial charge in [0, 0.05) is 18.7 Å². The van der Waals surface area contributed by atoms with E-state index >= 15 is 0 Å². The molecule has 0 spiro atoms. The van der Waals surface area contributed by atoms with E-state index in [1.54, 1.807) is 18.2 Å². The Hall–Kier alpha value is -3.14. The van der Waals surface area contributed by atoms with Gasteiger partial charge in [0.25, 0.3) is 10.0 Å². The van der Waals surface area contributed by atoms with Gasteiger partial charge in [-0.1, -0.05) is 72.1 Å². The summed E-state index contributed by atoms with van der Waals surface area (Å²) in [5.74, 6) is -1.74. The fraction of sp³-hybridized carbons (Fsp3) is 0.286. The van der Waals surface area contributed by atoms with Crippen LogP contribution in [0.4, 0.5) is 10.1 Å². The van der Waals surface area contributed by atoms with Crippen LogP contribution in [0.3, 0.4) is 0 Å². The highest BCUT2D eigenvalue weighted by Gasteiger charge is 2.34. The third-order valence-corrected chi connectivity index (χ3v) is 8.69. The van der Waals surface area contributed by atoms with E-state index in [2.05, 4.69) is 5.32 Å². The Morgan fingerprint density at radius 3 is 2.31 bits per heavy atom. The third kappa shape index (κ3) is 7.29. The molecule has 0 heterocycles. The Balaban J connectivity index is 2.07. The average Bonchev–Trinajstić information content (AvgIpc) is 2.91. The number of hydrogen-bond acceptors (Lipinski definition) is 4. The van der Waals surface area contributed by atoms with Gasteiger partial charge in [0.2, 0.25) is 11.8 Å². The van der Waals surface area contributed by atoms with Crippen molar-refractivity contribution < 1.29 is 22.4 Å². The number of benzene rings is 3. The molecule has 0 saturated carbocycles. The number of aryl methyl sites for hydroxylation is 1. The van der Waals surface area contributed by atoms with Crippen LogP contribution in [0.25, 0.3) is 0 Å². The zero-order valence-electron chi connectivity index (χ0n) is 21.8. The van der Waals surface area contributed by atoms with Crippen LogP contribution in [0.15, 0.2) is 71.6 Å². The lowest BCUT2D eigenvalue weighted by atomic mass is 10.1. The SMILES string of the molecule is CCCNC(=O)[C@@H](C)N(Cc1ccccc1F)C(=O)CN(c1cccc(Cl)c1Cl)S(=O)(=O)c1ccc(C)cc1. The maximum absolute atomic E-state index is 14.6. The molecular formula is C28H30Cl2FN3O4S. The molecule has 39 heavy (non-hydrogen) atoms. The van der Waals surface area contributed by atoms with E-state index in [0.717, 1.165) is 14.8 Å². The lowest BCUT2D eigenvalue weighted by Gasteiger charge is -2.32. The summed E-state index contributed by atoms with van der Waals surface area (Å²) in [6, 6.07) is 15.4. The number of anilines is 1. The number of nitrogens with one attached hydrogen (secondary N) is 1. The molecule has 0 bridgehead atoms. The van der Waals surface area contributed by atoms with E-state index in [0.29, 0.717) is 13.0 Å². The molecule has 3 rings (SSSR count). The van der Waals surface area contributed by atoms with Gasteiger partial charge in [0.05, 0.1) is 20.6 Å². The fourth-order valence-corrected chi connectivity index (χ4v) is 5.70. The smallest absolute Gasteiger partial charge is 0.264 e. The second kappa shape index (κ2) is 13.3. The first-order chi connectivity index (χ1) is 18.5. The Kier molecular flexibility index (Phi) is 10.4.